The topological polar surface area (TPSA) is 71.7 Å². The lowest BCUT2D eigenvalue weighted by molar-refractivity contribution is 0.306. The molecular weight excluding hydrogens is 372 g/mol. The Kier molecular flexibility index (Phi) is 8.45. The standard InChI is InChI=1S/C25H30N4O/c1-20(15-27-19-28-16-21-11-13-24(26)14-12-21)29-17-22-7-9-23(10-8-22)18-30-25-5-3-2-4-6-25/h2-14,27-28H,15-19,26H2,1H3. The van der Waals surface area contributed by atoms with E-state index in [2.05, 4.69) is 46.8 Å². The number of nitrogens with zero attached hydrogens (tertiary/aromatic N) is 1. The quantitative estimate of drug-likeness (QED) is 0.195. The summed E-state index contributed by atoms with van der Waals surface area (Å²) in [7, 11) is 0. The second-order valence-electron chi connectivity index (χ2n) is 7.24. The molecule has 30 heavy (non-hydrogen) atoms. The zero-order valence-electron chi connectivity index (χ0n) is 17.5. The van der Waals surface area contributed by atoms with Gasteiger partial charge in [-0.2, -0.15) is 0 Å². The molecule has 0 saturated heterocycles. The number of aliphatic imine (C=N–C) groups is 1. The van der Waals surface area contributed by atoms with Crippen LogP contribution in [0.25, 0.3) is 0 Å². The molecule has 0 aliphatic carbocycles. The van der Waals surface area contributed by atoms with Crippen molar-refractivity contribution in [2.45, 2.75) is 26.6 Å². The molecule has 3 aromatic carbocycles. The van der Waals surface area contributed by atoms with Gasteiger partial charge in [0.05, 0.1) is 6.54 Å². The number of nitrogens with one attached hydrogen (secondary N) is 2. The first-order chi connectivity index (χ1) is 14.7. The molecule has 0 aromatic heterocycles. The predicted molar refractivity (Wildman–Crippen MR) is 125 cm³/mol. The highest BCUT2D eigenvalue weighted by molar-refractivity contribution is 5.83. The van der Waals surface area contributed by atoms with E-state index in [4.69, 9.17) is 10.5 Å². The van der Waals surface area contributed by atoms with Crippen molar-refractivity contribution in [1.82, 2.24) is 10.6 Å². The summed E-state index contributed by atoms with van der Waals surface area (Å²) in [5.41, 5.74) is 11.1. The fourth-order valence-corrected chi connectivity index (χ4v) is 2.88. The minimum atomic E-state index is 0.569. The smallest absolute Gasteiger partial charge is 0.119 e. The first-order valence-corrected chi connectivity index (χ1v) is 10.2. The van der Waals surface area contributed by atoms with Gasteiger partial charge in [-0.3, -0.25) is 10.3 Å². The van der Waals surface area contributed by atoms with Gasteiger partial charge in [0.25, 0.3) is 0 Å². The van der Waals surface area contributed by atoms with Crippen molar-refractivity contribution in [3.63, 3.8) is 0 Å². The van der Waals surface area contributed by atoms with E-state index in [9.17, 15) is 0 Å². The summed E-state index contributed by atoms with van der Waals surface area (Å²) >= 11 is 0. The molecule has 5 heteroatoms. The van der Waals surface area contributed by atoms with Crippen molar-refractivity contribution < 1.29 is 4.74 Å². The van der Waals surface area contributed by atoms with Crippen LogP contribution >= 0.6 is 0 Å². The van der Waals surface area contributed by atoms with Crippen LogP contribution in [0.1, 0.15) is 23.6 Å². The molecule has 0 saturated carbocycles. The van der Waals surface area contributed by atoms with E-state index in [0.717, 1.165) is 42.5 Å². The predicted octanol–water partition coefficient (Wildman–Crippen LogP) is 4.15. The SMILES string of the molecule is CC(CNCNCc1ccc(N)cc1)=NCc1ccc(COc2ccccc2)cc1. The molecule has 0 fully saturated rings. The molecule has 0 bridgehead atoms. The van der Waals surface area contributed by atoms with Crippen molar-refractivity contribution >= 4 is 11.4 Å². The van der Waals surface area contributed by atoms with Crippen molar-refractivity contribution in [2.24, 2.45) is 4.99 Å². The third-order valence-corrected chi connectivity index (χ3v) is 4.64. The second-order valence-corrected chi connectivity index (χ2v) is 7.24. The molecule has 4 N–H and O–H groups in total. The van der Waals surface area contributed by atoms with Crippen LogP contribution in [-0.4, -0.2) is 18.9 Å². The lowest BCUT2D eigenvalue weighted by Crippen LogP contribution is -2.31. The molecule has 0 heterocycles. The summed E-state index contributed by atoms with van der Waals surface area (Å²) < 4.78 is 5.78. The Balaban J connectivity index is 1.32. The molecule has 0 amide bonds. The molecule has 5 nitrogen and oxygen atoms in total. The minimum absolute atomic E-state index is 0.569. The molecule has 3 aromatic rings. The fourth-order valence-electron chi connectivity index (χ4n) is 2.88. The van der Waals surface area contributed by atoms with E-state index in [1.54, 1.807) is 0 Å². The number of anilines is 1. The Labute approximate surface area is 179 Å². The number of para-hydroxylation sites is 1. The molecular formula is C25H30N4O. The molecule has 0 radical (unpaired) electrons. The fraction of sp³-hybridized carbons (Fsp3) is 0.240. The molecule has 0 aliphatic heterocycles. The van der Waals surface area contributed by atoms with Crippen LogP contribution in [0.15, 0.2) is 83.9 Å². The second kappa shape index (κ2) is 11.8. The highest BCUT2D eigenvalue weighted by Crippen LogP contribution is 2.12. The Morgan fingerprint density at radius 3 is 2.23 bits per heavy atom. The minimum Gasteiger partial charge on any atom is -0.489 e. The van der Waals surface area contributed by atoms with Crippen molar-refractivity contribution in [3.05, 3.63) is 95.6 Å². The normalized spacial score (nSPS) is 11.4. The van der Waals surface area contributed by atoms with E-state index in [1.807, 2.05) is 54.6 Å². The first kappa shape index (κ1) is 21.6. The summed E-state index contributed by atoms with van der Waals surface area (Å²) in [6.07, 6.45) is 0. The van der Waals surface area contributed by atoms with Gasteiger partial charge in [0.2, 0.25) is 0 Å². The van der Waals surface area contributed by atoms with Crippen molar-refractivity contribution in [2.75, 3.05) is 18.9 Å². The molecule has 3 rings (SSSR count). The number of nitrogens with two attached hydrogens (primary N) is 1. The number of benzene rings is 3. The maximum atomic E-state index is 5.78. The summed E-state index contributed by atoms with van der Waals surface area (Å²) in [5.74, 6) is 0.886. The number of hydrogen-bond donors (Lipinski definition) is 3. The largest absolute Gasteiger partial charge is 0.489 e. The molecule has 0 unspecified atom stereocenters. The number of ether oxygens (including phenoxy) is 1. The summed E-state index contributed by atoms with van der Waals surface area (Å²) in [6.45, 7) is 5.61. The van der Waals surface area contributed by atoms with Crippen LogP contribution in [-0.2, 0) is 19.7 Å². The van der Waals surface area contributed by atoms with E-state index in [-0.39, 0.29) is 0 Å². The van der Waals surface area contributed by atoms with Crippen LogP contribution in [0.2, 0.25) is 0 Å². The van der Waals surface area contributed by atoms with Gasteiger partial charge >= 0.3 is 0 Å². The average molecular weight is 403 g/mol. The van der Waals surface area contributed by atoms with Gasteiger partial charge in [-0.25, -0.2) is 0 Å². The third-order valence-electron chi connectivity index (χ3n) is 4.64. The van der Waals surface area contributed by atoms with E-state index in [0.29, 0.717) is 13.2 Å². The highest BCUT2D eigenvalue weighted by atomic mass is 16.5. The molecule has 0 atom stereocenters. The van der Waals surface area contributed by atoms with Crippen LogP contribution < -0.4 is 21.1 Å². The van der Waals surface area contributed by atoms with Crippen LogP contribution in [0, 0.1) is 0 Å². The monoisotopic (exact) mass is 402 g/mol. The van der Waals surface area contributed by atoms with Crippen LogP contribution in [0.3, 0.4) is 0 Å². The Morgan fingerprint density at radius 2 is 1.50 bits per heavy atom. The zero-order valence-corrected chi connectivity index (χ0v) is 17.5. The third kappa shape index (κ3) is 7.70. The number of hydrogen-bond acceptors (Lipinski definition) is 5. The average Bonchev–Trinajstić information content (AvgIpc) is 2.79. The van der Waals surface area contributed by atoms with Gasteiger partial charge in [-0.15, -0.1) is 0 Å². The van der Waals surface area contributed by atoms with Gasteiger partial charge in [-0.05, 0) is 47.9 Å². The van der Waals surface area contributed by atoms with E-state index in [1.165, 1.54) is 11.1 Å². The van der Waals surface area contributed by atoms with Crippen molar-refractivity contribution in [3.8, 4) is 5.75 Å². The van der Waals surface area contributed by atoms with Gasteiger partial charge in [0.1, 0.15) is 12.4 Å². The van der Waals surface area contributed by atoms with Crippen LogP contribution in [0.5, 0.6) is 5.75 Å². The van der Waals surface area contributed by atoms with E-state index < -0.39 is 0 Å². The summed E-state index contributed by atoms with van der Waals surface area (Å²) in [6, 6.07) is 26.2. The highest BCUT2D eigenvalue weighted by Gasteiger charge is 1.98. The van der Waals surface area contributed by atoms with Gasteiger partial charge in [0.15, 0.2) is 0 Å². The lowest BCUT2D eigenvalue weighted by Gasteiger charge is -2.08. The number of nitrogen functional groups attached to an aromatic ring is 1. The van der Waals surface area contributed by atoms with E-state index >= 15 is 0 Å². The number of rotatable bonds is 11. The molecule has 0 spiro atoms. The van der Waals surface area contributed by atoms with Crippen molar-refractivity contribution in [1.29, 1.82) is 0 Å². The Bertz CT molecular complexity index is 906. The molecule has 0 aliphatic rings. The Morgan fingerprint density at radius 1 is 0.833 bits per heavy atom. The summed E-state index contributed by atoms with van der Waals surface area (Å²) in [5, 5.41) is 6.72. The van der Waals surface area contributed by atoms with Crippen LogP contribution in [0.4, 0.5) is 5.69 Å². The lowest BCUT2D eigenvalue weighted by atomic mass is 10.1. The Hall–Kier alpha value is -3.15. The zero-order chi connectivity index (χ0) is 21.0. The maximum Gasteiger partial charge on any atom is 0.119 e. The summed E-state index contributed by atoms with van der Waals surface area (Å²) in [4.78, 5) is 4.66. The molecule has 156 valence electrons. The maximum absolute atomic E-state index is 5.78. The first-order valence-electron chi connectivity index (χ1n) is 10.2. The van der Waals surface area contributed by atoms with Gasteiger partial charge in [-0.1, -0.05) is 54.6 Å². The van der Waals surface area contributed by atoms with Gasteiger partial charge in [0, 0.05) is 31.2 Å². The van der Waals surface area contributed by atoms with Gasteiger partial charge < -0.3 is 15.8 Å².